The lowest BCUT2D eigenvalue weighted by Gasteiger charge is -2.22. The van der Waals surface area contributed by atoms with Crippen molar-refractivity contribution >= 4 is 0 Å². The Morgan fingerprint density at radius 1 is 1.64 bits per heavy atom. The van der Waals surface area contributed by atoms with E-state index in [-0.39, 0.29) is 11.5 Å². The van der Waals surface area contributed by atoms with Crippen molar-refractivity contribution in [1.29, 1.82) is 0 Å². The van der Waals surface area contributed by atoms with E-state index in [1.807, 2.05) is 6.92 Å². The van der Waals surface area contributed by atoms with Crippen molar-refractivity contribution in [3.05, 3.63) is 10.1 Å². The maximum atomic E-state index is 10.2. The number of rotatable bonds is 5. The molecule has 0 fully saturated rings. The van der Waals surface area contributed by atoms with E-state index < -0.39 is 5.60 Å². The summed E-state index contributed by atoms with van der Waals surface area (Å²) >= 11 is 0. The molecule has 0 spiro atoms. The summed E-state index contributed by atoms with van der Waals surface area (Å²) < 4.78 is 5.05. The Morgan fingerprint density at radius 3 is 2.45 bits per heavy atom. The van der Waals surface area contributed by atoms with Crippen LogP contribution in [0.5, 0.6) is 0 Å². The summed E-state index contributed by atoms with van der Waals surface area (Å²) in [4.78, 5) is 9.84. The number of methoxy groups -OCH3 is 1. The second-order valence-electron chi connectivity index (χ2n) is 2.89. The molecule has 66 valence electrons. The zero-order chi connectivity index (χ0) is 8.91. The Kier molecular flexibility index (Phi) is 4.03. The molecule has 0 N–H and O–H groups in total. The van der Waals surface area contributed by atoms with Crippen LogP contribution in [0.4, 0.5) is 0 Å². The van der Waals surface area contributed by atoms with E-state index >= 15 is 0 Å². The summed E-state index contributed by atoms with van der Waals surface area (Å²) in [5.41, 5.74) is -0.585. The van der Waals surface area contributed by atoms with E-state index in [9.17, 15) is 10.1 Å². The maximum Gasteiger partial charge on any atom is 0.232 e. The van der Waals surface area contributed by atoms with Crippen LogP contribution in [-0.4, -0.2) is 24.2 Å². The van der Waals surface area contributed by atoms with Gasteiger partial charge in [0.15, 0.2) is 0 Å². The number of nitrogens with zero attached hydrogens (tertiary/aromatic N) is 1. The molecule has 0 aliphatic rings. The van der Waals surface area contributed by atoms with Gasteiger partial charge in [0.25, 0.3) is 0 Å². The molecular formula is C7H15NO3. The summed E-state index contributed by atoms with van der Waals surface area (Å²) in [6.07, 6.45) is 1.63. The zero-order valence-electron chi connectivity index (χ0n) is 7.29. The summed E-state index contributed by atoms with van der Waals surface area (Å²) in [6.45, 7) is 3.63. The van der Waals surface area contributed by atoms with Gasteiger partial charge in [0, 0.05) is 12.0 Å². The fraction of sp³-hybridized carbons (Fsp3) is 1.00. The predicted molar refractivity (Wildman–Crippen MR) is 42.2 cm³/mol. The van der Waals surface area contributed by atoms with E-state index in [0.717, 1.165) is 12.8 Å². The molecular weight excluding hydrogens is 146 g/mol. The minimum absolute atomic E-state index is 0.114. The highest BCUT2D eigenvalue weighted by molar-refractivity contribution is 4.72. The van der Waals surface area contributed by atoms with Crippen molar-refractivity contribution < 1.29 is 9.66 Å². The summed E-state index contributed by atoms with van der Waals surface area (Å²) in [6, 6.07) is 0. The average molecular weight is 161 g/mol. The molecule has 0 radical (unpaired) electrons. The van der Waals surface area contributed by atoms with Crippen LogP contribution < -0.4 is 0 Å². The number of nitro groups is 1. The van der Waals surface area contributed by atoms with Gasteiger partial charge in [0.05, 0.1) is 0 Å². The molecule has 0 bridgehead atoms. The maximum absolute atomic E-state index is 10.2. The van der Waals surface area contributed by atoms with Crippen molar-refractivity contribution in [2.75, 3.05) is 13.7 Å². The minimum Gasteiger partial charge on any atom is -0.372 e. The van der Waals surface area contributed by atoms with Gasteiger partial charge in [-0.3, -0.25) is 10.1 Å². The van der Waals surface area contributed by atoms with Crippen molar-refractivity contribution in [1.82, 2.24) is 0 Å². The second-order valence-corrected chi connectivity index (χ2v) is 2.89. The smallest absolute Gasteiger partial charge is 0.232 e. The fourth-order valence-electron chi connectivity index (χ4n) is 1.05. The van der Waals surface area contributed by atoms with E-state index in [1.54, 1.807) is 6.92 Å². The Hall–Kier alpha value is -0.640. The van der Waals surface area contributed by atoms with E-state index in [0.29, 0.717) is 0 Å². The zero-order valence-corrected chi connectivity index (χ0v) is 7.29. The minimum atomic E-state index is -0.585. The molecule has 0 saturated carbocycles. The van der Waals surface area contributed by atoms with Crippen LogP contribution in [0.1, 0.15) is 26.7 Å². The van der Waals surface area contributed by atoms with Gasteiger partial charge in [-0.2, -0.15) is 0 Å². The van der Waals surface area contributed by atoms with Crippen molar-refractivity contribution in [2.45, 2.75) is 32.3 Å². The highest BCUT2D eigenvalue weighted by Gasteiger charge is 2.28. The van der Waals surface area contributed by atoms with Crippen LogP contribution in [0.15, 0.2) is 0 Å². The molecule has 1 atom stereocenters. The molecule has 0 aromatic carbocycles. The molecule has 0 aromatic rings. The van der Waals surface area contributed by atoms with Gasteiger partial charge in [0.2, 0.25) is 6.54 Å². The summed E-state index contributed by atoms with van der Waals surface area (Å²) in [5, 5.41) is 10.2. The molecule has 0 amide bonds. The fourth-order valence-corrected chi connectivity index (χ4v) is 1.05. The van der Waals surface area contributed by atoms with E-state index in [1.165, 1.54) is 7.11 Å². The van der Waals surface area contributed by atoms with Gasteiger partial charge < -0.3 is 4.74 Å². The van der Waals surface area contributed by atoms with Gasteiger partial charge in [-0.25, -0.2) is 0 Å². The van der Waals surface area contributed by atoms with Crippen molar-refractivity contribution in [3.63, 3.8) is 0 Å². The molecule has 11 heavy (non-hydrogen) atoms. The topological polar surface area (TPSA) is 52.4 Å². The van der Waals surface area contributed by atoms with Crippen molar-refractivity contribution in [3.8, 4) is 0 Å². The van der Waals surface area contributed by atoms with Gasteiger partial charge in [-0.05, 0) is 13.3 Å². The van der Waals surface area contributed by atoms with Crippen molar-refractivity contribution in [2.24, 2.45) is 0 Å². The molecule has 0 aliphatic carbocycles. The number of hydrogen-bond acceptors (Lipinski definition) is 3. The van der Waals surface area contributed by atoms with Gasteiger partial charge in [0.1, 0.15) is 5.60 Å². The first kappa shape index (κ1) is 10.4. The highest BCUT2D eigenvalue weighted by atomic mass is 16.6. The average Bonchev–Trinajstić information content (AvgIpc) is 1.87. The van der Waals surface area contributed by atoms with Gasteiger partial charge >= 0.3 is 0 Å². The standard InChI is InChI=1S/C7H15NO3/c1-4-5-7(2,11-3)6-8(9)10/h4-6H2,1-3H3/t7-/m0/s1. The SMILES string of the molecule is CCC[C@@](C)(C[N+](=O)[O-])OC. The highest BCUT2D eigenvalue weighted by Crippen LogP contribution is 2.16. The molecule has 0 saturated heterocycles. The molecule has 0 unspecified atom stereocenters. The van der Waals surface area contributed by atoms with Crippen LogP contribution in [-0.2, 0) is 4.74 Å². The monoisotopic (exact) mass is 161 g/mol. The third-order valence-corrected chi connectivity index (χ3v) is 1.74. The second kappa shape index (κ2) is 4.28. The molecule has 0 aliphatic heterocycles. The number of hydrogen-bond donors (Lipinski definition) is 0. The predicted octanol–water partition coefficient (Wildman–Crippen LogP) is 1.47. The third kappa shape index (κ3) is 3.93. The number of ether oxygens (including phenoxy) is 1. The first-order valence-corrected chi connectivity index (χ1v) is 3.71. The molecule has 4 nitrogen and oxygen atoms in total. The van der Waals surface area contributed by atoms with E-state index in [4.69, 9.17) is 4.74 Å². The Morgan fingerprint density at radius 2 is 2.18 bits per heavy atom. The quantitative estimate of drug-likeness (QED) is 0.453. The lowest BCUT2D eigenvalue weighted by molar-refractivity contribution is -0.500. The molecule has 0 rings (SSSR count). The lowest BCUT2D eigenvalue weighted by atomic mass is 10.0. The summed E-state index contributed by atoms with van der Waals surface area (Å²) in [5.74, 6) is 0. The van der Waals surface area contributed by atoms with Crippen LogP contribution in [0.2, 0.25) is 0 Å². The Labute approximate surface area is 66.7 Å². The molecule has 0 heterocycles. The third-order valence-electron chi connectivity index (χ3n) is 1.74. The summed E-state index contributed by atoms with van der Waals surface area (Å²) in [7, 11) is 1.51. The normalized spacial score (nSPS) is 15.9. The van der Waals surface area contributed by atoms with Crippen LogP contribution >= 0.6 is 0 Å². The lowest BCUT2D eigenvalue weighted by Crippen LogP contribution is -2.35. The molecule has 4 heteroatoms. The first-order chi connectivity index (χ1) is 5.04. The first-order valence-electron chi connectivity index (χ1n) is 3.71. The Balaban J connectivity index is 3.98. The largest absolute Gasteiger partial charge is 0.372 e. The molecule has 0 aromatic heterocycles. The Bertz CT molecular complexity index is 138. The van der Waals surface area contributed by atoms with Gasteiger partial charge in [-0.1, -0.05) is 13.3 Å². The van der Waals surface area contributed by atoms with E-state index in [2.05, 4.69) is 0 Å². The van der Waals surface area contributed by atoms with Crippen LogP contribution in [0.25, 0.3) is 0 Å². The van der Waals surface area contributed by atoms with Crippen LogP contribution in [0.3, 0.4) is 0 Å². The van der Waals surface area contributed by atoms with Crippen LogP contribution in [0, 0.1) is 10.1 Å². The van der Waals surface area contributed by atoms with Gasteiger partial charge in [-0.15, -0.1) is 0 Å².